The Morgan fingerprint density at radius 1 is 1.65 bits per heavy atom. The minimum absolute atomic E-state index is 0.215. The molecular weight excluding hydrogens is 214 g/mol. The zero-order valence-electron chi connectivity index (χ0n) is 11.0. The van der Waals surface area contributed by atoms with Crippen LogP contribution in [0.2, 0.25) is 0 Å². The SMILES string of the molecule is CCCNC(c1nccn1C)C1OCCC1C. The van der Waals surface area contributed by atoms with Gasteiger partial charge in [0.1, 0.15) is 5.82 Å². The predicted octanol–water partition coefficient (Wildman–Crippen LogP) is 1.89. The molecule has 1 N–H and O–H groups in total. The van der Waals surface area contributed by atoms with Crippen LogP contribution in [0.5, 0.6) is 0 Å². The van der Waals surface area contributed by atoms with Crippen molar-refractivity contribution in [2.24, 2.45) is 13.0 Å². The Bertz CT molecular complexity index is 350. The first-order valence-corrected chi connectivity index (χ1v) is 6.56. The van der Waals surface area contributed by atoms with E-state index in [0.29, 0.717) is 5.92 Å². The summed E-state index contributed by atoms with van der Waals surface area (Å²) >= 11 is 0. The molecule has 2 rings (SSSR count). The minimum Gasteiger partial charge on any atom is -0.376 e. The molecule has 1 saturated heterocycles. The van der Waals surface area contributed by atoms with Crippen LogP contribution in [0.15, 0.2) is 12.4 Å². The van der Waals surface area contributed by atoms with Crippen LogP contribution < -0.4 is 5.32 Å². The van der Waals surface area contributed by atoms with Crippen molar-refractivity contribution in [3.05, 3.63) is 18.2 Å². The van der Waals surface area contributed by atoms with E-state index in [-0.39, 0.29) is 12.1 Å². The van der Waals surface area contributed by atoms with Crippen LogP contribution in [0.25, 0.3) is 0 Å². The predicted molar refractivity (Wildman–Crippen MR) is 67.8 cm³/mol. The number of nitrogens with zero attached hydrogens (tertiary/aromatic N) is 2. The van der Waals surface area contributed by atoms with E-state index in [1.54, 1.807) is 0 Å². The Kier molecular flexibility index (Phi) is 4.18. The lowest BCUT2D eigenvalue weighted by Crippen LogP contribution is -2.36. The molecule has 1 aliphatic rings. The largest absolute Gasteiger partial charge is 0.376 e. The first-order chi connectivity index (χ1) is 8.24. The third kappa shape index (κ3) is 2.69. The van der Waals surface area contributed by atoms with E-state index in [1.165, 1.54) is 0 Å². The minimum atomic E-state index is 0.215. The van der Waals surface area contributed by atoms with Crippen LogP contribution >= 0.6 is 0 Å². The standard InChI is InChI=1S/C13H23N3O/c1-4-6-14-11(12-10(2)5-9-17-12)13-15-7-8-16(13)3/h7-8,10-12,14H,4-6,9H2,1-3H3. The summed E-state index contributed by atoms with van der Waals surface area (Å²) in [7, 11) is 2.04. The molecule has 4 nitrogen and oxygen atoms in total. The topological polar surface area (TPSA) is 39.1 Å². The molecule has 0 amide bonds. The van der Waals surface area contributed by atoms with Gasteiger partial charge in [0, 0.05) is 26.0 Å². The van der Waals surface area contributed by atoms with Gasteiger partial charge in [-0.05, 0) is 25.3 Å². The van der Waals surface area contributed by atoms with Crippen molar-refractivity contribution < 1.29 is 4.74 Å². The number of aromatic nitrogens is 2. The highest BCUT2D eigenvalue weighted by Gasteiger charge is 2.34. The number of aryl methyl sites for hydroxylation is 1. The van der Waals surface area contributed by atoms with Crippen molar-refractivity contribution >= 4 is 0 Å². The third-order valence-electron chi connectivity index (χ3n) is 3.52. The number of hydrogen-bond acceptors (Lipinski definition) is 3. The molecule has 1 fully saturated rings. The maximum atomic E-state index is 5.89. The summed E-state index contributed by atoms with van der Waals surface area (Å²) in [6, 6.07) is 0.215. The lowest BCUT2D eigenvalue weighted by molar-refractivity contribution is 0.0572. The zero-order valence-corrected chi connectivity index (χ0v) is 11.0. The van der Waals surface area contributed by atoms with Crippen molar-refractivity contribution in [2.75, 3.05) is 13.2 Å². The van der Waals surface area contributed by atoms with Gasteiger partial charge >= 0.3 is 0 Å². The van der Waals surface area contributed by atoms with Crippen molar-refractivity contribution in [1.29, 1.82) is 0 Å². The first-order valence-electron chi connectivity index (χ1n) is 6.56. The van der Waals surface area contributed by atoms with Gasteiger partial charge in [0.2, 0.25) is 0 Å². The van der Waals surface area contributed by atoms with Crippen LogP contribution in [-0.2, 0) is 11.8 Å². The van der Waals surface area contributed by atoms with E-state index in [1.807, 2.05) is 19.4 Å². The summed E-state index contributed by atoms with van der Waals surface area (Å²) < 4.78 is 7.97. The van der Waals surface area contributed by atoms with Crippen LogP contribution in [0.3, 0.4) is 0 Å². The second kappa shape index (κ2) is 5.65. The highest BCUT2D eigenvalue weighted by molar-refractivity contribution is 5.03. The smallest absolute Gasteiger partial charge is 0.128 e. The average Bonchev–Trinajstić information content (AvgIpc) is 2.90. The Labute approximate surface area is 103 Å². The van der Waals surface area contributed by atoms with Gasteiger partial charge in [-0.1, -0.05) is 13.8 Å². The zero-order chi connectivity index (χ0) is 12.3. The van der Waals surface area contributed by atoms with Gasteiger partial charge in [-0.3, -0.25) is 0 Å². The van der Waals surface area contributed by atoms with Gasteiger partial charge in [0.25, 0.3) is 0 Å². The van der Waals surface area contributed by atoms with Gasteiger partial charge in [-0.25, -0.2) is 4.98 Å². The Hall–Kier alpha value is -0.870. The molecule has 4 heteroatoms. The molecule has 1 aliphatic heterocycles. The number of ether oxygens (including phenoxy) is 1. The van der Waals surface area contributed by atoms with E-state index in [4.69, 9.17) is 4.74 Å². The monoisotopic (exact) mass is 237 g/mol. The Morgan fingerprint density at radius 3 is 3.00 bits per heavy atom. The highest BCUT2D eigenvalue weighted by Crippen LogP contribution is 2.30. The molecule has 3 unspecified atom stereocenters. The first kappa shape index (κ1) is 12.6. The average molecular weight is 237 g/mol. The van der Waals surface area contributed by atoms with E-state index in [0.717, 1.165) is 31.8 Å². The number of rotatable bonds is 5. The van der Waals surface area contributed by atoms with Crippen LogP contribution in [0.4, 0.5) is 0 Å². The fourth-order valence-corrected chi connectivity index (χ4v) is 2.47. The lowest BCUT2D eigenvalue weighted by atomic mass is 9.97. The summed E-state index contributed by atoms with van der Waals surface area (Å²) in [6.07, 6.45) is 6.38. The summed E-state index contributed by atoms with van der Waals surface area (Å²) in [4.78, 5) is 4.47. The second-order valence-corrected chi connectivity index (χ2v) is 4.93. The lowest BCUT2D eigenvalue weighted by Gasteiger charge is -2.26. The molecule has 2 heterocycles. The van der Waals surface area contributed by atoms with Crippen molar-refractivity contribution in [3.63, 3.8) is 0 Å². The fourth-order valence-electron chi connectivity index (χ4n) is 2.47. The van der Waals surface area contributed by atoms with Crippen LogP contribution in [-0.4, -0.2) is 28.8 Å². The van der Waals surface area contributed by atoms with Gasteiger partial charge in [-0.15, -0.1) is 0 Å². The maximum absolute atomic E-state index is 5.89. The molecular formula is C13H23N3O. The molecule has 3 atom stereocenters. The third-order valence-corrected chi connectivity index (χ3v) is 3.52. The highest BCUT2D eigenvalue weighted by atomic mass is 16.5. The quantitative estimate of drug-likeness (QED) is 0.850. The van der Waals surface area contributed by atoms with Crippen LogP contribution in [0, 0.1) is 5.92 Å². The second-order valence-electron chi connectivity index (χ2n) is 4.93. The van der Waals surface area contributed by atoms with E-state index < -0.39 is 0 Å². The van der Waals surface area contributed by atoms with Crippen molar-refractivity contribution in [3.8, 4) is 0 Å². The molecule has 0 radical (unpaired) electrons. The van der Waals surface area contributed by atoms with Crippen molar-refractivity contribution in [2.45, 2.75) is 38.8 Å². The molecule has 0 aromatic carbocycles. The normalized spacial score (nSPS) is 26.3. The molecule has 0 saturated carbocycles. The molecule has 1 aromatic heterocycles. The van der Waals surface area contributed by atoms with E-state index in [2.05, 4.69) is 28.7 Å². The number of nitrogens with one attached hydrogen (secondary N) is 1. The summed E-state index contributed by atoms with van der Waals surface area (Å²) in [5.74, 6) is 1.68. The van der Waals surface area contributed by atoms with Gasteiger partial charge in [-0.2, -0.15) is 0 Å². The molecule has 1 aromatic rings. The molecule has 17 heavy (non-hydrogen) atoms. The van der Waals surface area contributed by atoms with E-state index in [9.17, 15) is 0 Å². The summed E-state index contributed by atoms with van der Waals surface area (Å²) in [5, 5.41) is 3.58. The van der Waals surface area contributed by atoms with Crippen LogP contribution in [0.1, 0.15) is 38.6 Å². The van der Waals surface area contributed by atoms with Gasteiger partial charge < -0.3 is 14.6 Å². The van der Waals surface area contributed by atoms with E-state index >= 15 is 0 Å². The van der Waals surface area contributed by atoms with Gasteiger partial charge in [0.15, 0.2) is 0 Å². The number of imidazole rings is 1. The van der Waals surface area contributed by atoms with Gasteiger partial charge in [0.05, 0.1) is 12.1 Å². The molecule has 0 aliphatic carbocycles. The molecule has 0 bridgehead atoms. The Balaban J connectivity index is 2.15. The van der Waals surface area contributed by atoms with Crippen molar-refractivity contribution in [1.82, 2.24) is 14.9 Å². The summed E-state index contributed by atoms with van der Waals surface area (Å²) in [6.45, 7) is 6.33. The number of hydrogen-bond donors (Lipinski definition) is 1. The Morgan fingerprint density at radius 2 is 2.47 bits per heavy atom. The summed E-state index contributed by atoms with van der Waals surface area (Å²) in [5.41, 5.74) is 0. The maximum Gasteiger partial charge on any atom is 0.128 e. The molecule has 96 valence electrons. The molecule has 0 spiro atoms. The fraction of sp³-hybridized carbons (Fsp3) is 0.769.